The van der Waals surface area contributed by atoms with Crippen LogP contribution in [-0.4, -0.2) is 13.7 Å². The van der Waals surface area contributed by atoms with E-state index in [-0.39, 0.29) is 6.61 Å². The summed E-state index contributed by atoms with van der Waals surface area (Å²) in [6.45, 7) is -0.183. The average Bonchev–Trinajstić information content (AvgIpc) is 2.15. The summed E-state index contributed by atoms with van der Waals surface area (Å²) in [7, 11) is 1.62. The van der Waals surface area contributed by atoms with Gasteiger partial charge in [-0.05, 0) is 17.7 Å². The van der Waals surface area contributed by atoms with Gasteiger partial charge in [0.25, 0.3) is 0 Å². The van der Waals surface area contributed by atoms with Crippen LogP contribution in [0.25, 0.3) is 6.08 Å². The second kappa shape index (κ2) is 4.57. The molecule has 2 nitrogen and oxygen atoms in total. The van der Waals surface area contributed by atoms with E-state index in [1.807, 2.05) is 24.3 Å². The number of benzene rings is 1. The number of methoxy groups -OCH3 is 1. The summed E-state index contributed by atoms with van der Waals surface area (Å²) in [5, 5.41) is 10.1. The van der Waals surface area contributed by atoms with Gasteiger partial charge in [-0.25, -0.2) is 5.11 Å². The molecule has 0 N–H and O–H groups in total. The Labute approximate surface area is 72.1 Å². The molecular formula is C10H11O2. The summed E-state index contributed by atoms with van der Waals surface area (Å²) in [6.07, 6.45) is 3.37. The Morgan fingerprint density at radius 3 is 3.00 bits per heavy atom. The fourth-order valence-electron chi connectivity index (χ4n) is 0.929. The minimum Gasteiger partial charge on any atom is -0.497 e. The van der Waals surface area contributed by atoms with Gasteiger partial charge in [0.05, 0.1) is 7.11 Å². The van der Waals surface area contributed by atoms with Gasteiger partial charge in [0.2, 0.25) is 0 Å². The van der Waals surface area contributed by atoms with Crippen molar-refractivity contribution < 1.29 is 9.84 Å². The second-order valence-corrected chi connectivity index (χ2v) is 2.35. The highest BCUT2D eigenvalue weighted by molar-refractivity contribution is 5.51. The molecule has 0 amide bonds. The molecule has 63 valence electrons. The maximum atomic E-state index is 10.1. The Kier molecular flexibility index (Phi) is 3.35. The molecular weight excluding hydrogens is 152 g/mol. The lowest BCUT2D eigenvalue weighted by Crippen LogP contribution is -1.82. The van der Waals surface area contributed by atoms with Gasteiger partial charge in [-0.15, -0.1) is 0 Å². The summed E-state index contributed by atoms with van der Waals surface area (Å²) < 4.78 is 5.02. The van der Waals surface area contributed by atoms with Gasteiger partial charge >= 0.3 is 0 Å². The van der Waals surface area contributed by atoms with E-state index >= 15 is 0 Å². The lowest BCUT2D eigenvalue weighted by Gasteiger charge is -1.99. The molecule has 12 heavy (non-hydrogen) atoms. The second-order valence-electron chi connectivity index (χ2n) is 2.35. The molecule has 0 aliphatic rings. The number of ether oxygens (including phenoxy) is 1. The van der Waals surface area contributed by atoms with E-state index in [4.69, 9.17) is 4.74 Å². The van der Waals surface area contributed by atoms with E-state index in [0.717, 1.165) is 11.3 Å². The third-order valence-electron chi connectivity index (χ3n) is 1.50. The molecule has 1 rings (SSSR count). The third-order valence-corrected chi connectivity index (χ3v) is 1.50. The molecule has 0 fully saturated rings. The molecule has 0 spiro atoms. The average molecular weight is 163 g/mol. The van der Waals surface area contributed by atoms with Crippen molar-refractivity contribution in [3.63, 3.8) is 0 Å². The zero-order valence-electron chi connectivity index (χ0n) is 6.99. The largest absolute Gasteiger partial charge is 0.497 e. The standard InChI is InChI=1S/C10H11O2/c1-12-10-6-2-4-9(8-10)5-3-7-11/h2-6,8H,7H2,1H3. The van der Waals surface area contributed by atoms with Crippen molar-refractivity contribution in [2.24, 2.45) is 0 Å². The van der Waals surface area contributed by atoms with Crippen LogP contribution in [0.3, 0.4) is 0 Å². The van der Waals surface area contributed by atoms with Crippen molar-refractivity contribution in [1.82, 2.24) is 0 Å². The van der Waals surface area contributed by atoms with Crippen LogP contribution < -0.4 is 4.74 Å². The Bertz CT molecular complexity index is 266. The van der Waals surface area contributed by atoms with E-state index in [2.05, 4.69) is 0 Å². The first-order valence-electron chi connectivity index (χ1n) is 3.75. The summed E-state index contributed by atoms with van der Waals surface area (Å²) in [5.74, 6) is 0.808. The minimum atomic E-state index is -0.183. The maximum absolute atomic E-state index is 10.1. The molecule has 0 aromatic heterocycles. The Balaban J connectivity index is 2.79. The quantitative estimate of drug-likeness (QED) is 0.671. The fourth-order valence-corrected chi connectivity index (χ4v) is 0.929. The first-order chi connectivity index (χ1) is 5.86. The molecule has 1 aromatic carbocycles. The molecule has 0 saturated carbocycles. The SMILES string of the molecule is COc1cccc(C=CC[O])c1. The van der Waals surface area contributed by atoms with Crippen molar-refractivity contribution in [2.45, 2.75) is 0 Å². The zero-order valence-corrected chi connectivity index (χ0v) is 6.99. The van der Waals surface area contributed by atoms with Gasteiger partial charge in [0.1, 0.15) is 12.4 Å². The molecule has 0 saturated heterocycles. The predicted octanol–water partition coefficient (Wildman–Crippen LogP) is 2.14. The van der Waals surface area contributed by atoms with Gasteiger partial charge < -0.3 is 4.74 Å². The molecule has 2 heteroatoms. The Morgan fingerprint density at radius 2 is 2.33 bits per heavy atom. The van der Waals surface area contributed by atoms with Crippen molar-refractivity contribution in [3.8, 4) is 5.75 Å². The molecule has 1 radical (unpaired) electrons. The highest BCUT2D eigenvalue weighted by atomic mass is 16.5. The predicted molar refractivity (Wildman–Crippen MR) is 47.6 cm³/mol. The van der Waals surface area contributed by atoms with Crippen LogP contribution >= 0.6 is 0 Å². The van der Waals surface area contributed by atoms with E-state index in [1.165, 1.54) is 0 Å². The van der Waals surface area contributed by atoms with Crippen LogP contribution in [0.15, 0.2) is 30.3 Å². The fraction of sp³-hybridized carbons (Fsp3) is 0.200. The zero-order chi connectivity index (χ0) is 8.81. The Morgan fingerprint density at radius 1 is 1.50 bits per heavy atom. The van der Waals surface area contributed by atoms with Crippen LogP contribution in [-0.2, 0) is 5.11 Å². The van der Waals surface area contributed by atoms with Crippen LogP contribution in [0.2, 0.25) is 0 Å². The first-order valence-corrected chi connectivity index (χ1v) is 3.75. The maximum Gasteiger partial charge on any atom is 0.119 e. The summed E-state index contributed by atoms with van der Waals surface area (Å²) in [5.41, 5.74) is 0.991. The smallest absolute Gasteiger partial charge is 0.119 e. The summed E-state index contributed by atoms with van der Waals surface area (Å²) >= 11 is 0. The van der Waals surface area contributed by atoms with Crippen LogP contribution in [0.1, 0.15) is 5.56 Å². The van der Waals surface area contributed by atoms with Gasteiger partial charge in [-0.3, -0.25) is 0 Å². The lowest BCUT2D eigenvalue weighted by atomic mass is 10.2. The number of rotatable bonds is 3. The van der Waals surface area contributed by atoms with Gasteiger partial charge in [0.15, 0.2) is 0 Å². The molecule has 0 aliphatic carbocycles. The van der Waals surface area contributed by atoms with E-state index in [9.17, 15) is 5.11 Å². The molecule has 0 heterocycles. The Hall–Kier alpha value is -1.28. The van der Waals surface area contributed by atoms with Gasteiger partial charge in [-0.1, -0.05) is 24.3 Å². The summed E-state index contributed by atoms with van der Waals surface area (Å²) in [6, 6.07) is 7.57. The first kappa shape index (κ1) is 8.81. The van der Waals surface area contributed by atoms with Crippen molar-refractivity contribution in [3.05, 3.63) is 35.9 Å². The lowest BCUT2D eigenvalue weighted by molar-refractivity contribution is 0.233. The number of hydrogen-bond donors (Lipinski definition) is 0. The highest BCUT2D eigenvalue weighted by Crippen LogP contribution is 2.13. The van der Waals surface area contributed by atoms with Crippen molar-refractivity contribution in [2.75, 3.05) is 13.7 Å². The van der Waals surface area contributed by atoms with Crippen molar-refractivity contribution >= 4 is 6.08 Å². The monoisotopic (exact) mass is 163 g/mol. The van der Waals surface area contributed by atoms with E-state index < -0.39 is 0 Å². The molecule has 0 aliphatic heterocycles. The van der Waals surface area contributed by atoms with Crippen LogP contribution in [0, 0.1) is 0 Å². The topological polar surface area (TPSA) is 29.1 Å². The molecule has 1 aromatic rings. The van der Waals surface area contributed by atoms with E-state index in [0.29, 0.717) is 0 Å². The highest BCUT2D eigenvalue weighted by Gasteiger charge is 1.90. The summed E-state index contributed by atoms with van der Waals surface area (Å²) in [4.78, 5) is 0. The third kappa shape index (κ3) is 2.40. The van der Waals surface area contributed by atoms with Crippen LogP contribution in [0.5, 0.6) is 5.75 Å². The number of hydrogen-bond acceptors (Lipinski definition) is 1. The van der Waals surface area contributed by atoms with Crippen molar-refractivity contribution in [1.29, 1.82) is 0 Å². The van der Waals surface area contributed by atoms with E-state index in [1.54, 1.807) is 19.3 Å². The normalized spacial score (nSPS) is 10.5. The molecule has 0 atom stereocenters. The van der Waals surface area contributed by atoms with Crippen LogP contribution in [0.4, 0.5) is 0 Å². The molecule has 0 unspecified atom stereocenters. The van der Waals surface area contributed by atoms with Gasteiger partial charge in [-0.2, -0.15) is 0 Å². The minimum absolute atomic E-state index is 0.183. The molecule has 0 bridgehead atoms. The van der Waals surface area contributed by atoms with Gasteiger partial charge in [0, 0.05) is 0 Å².